The topological polar surface area (TPSA) is 85.2 Å². The summed E-state index contributed by atoms with van der Waals surface area (Å²) in [4.78, 5) is 28.3. The summed E-state index contributed by atoms with van der Waals surface area (Å²) in [5, 5.41) is 12.2. The number of halogens is 4. The number of fused-ring (bicyclic) bond motifs is 2. The lowest BCUT2D eigenvalue weighted by atomic mass is 9.72. The quantitative estimate of drug-likeness (QED) is 0.271. The fourth-order valence-corrected chi connectivity index (χ4v) is 8.06. The number of anilines is 2. The molecule has 7 nitrogen and oxygen atoms in total. The predicted octanol–water partition coefficient (Wildman–Crippen LogP) is 8.01. The molecule has 3 aromatic heterocycles. The molecule has 1 amide bonds. The van der Waals surface area contributed by atoms with Crippen molar-refractivity contribution in [2.45, 2.75) is 71.6 Å². The molecule has 0 aromatic carbocycles. The van der Waals surface area contributed by atoms with Gasteiger partial charge in [-0.05, 0) is 70.5 Å². The molecule has 3 aromatic rings. The second-order valence-corrected chi connectivity index (χ2v) is 14.0. The lowest BCUT2D eigenvalue weighted by molar-refractivity contribution is -0.173. The molecule has 2 aliphatic rings. The highest BCUT2D eigenvalue weighted by Crippen LogP contribution is 2.48. The highest BCUT2D eigenvalue weighted by Gasteiger charge is 2.48. The Bertz CT molecular complexity index is 1430. The number of nitrogens with one attached hydrogen (secondary N) is 2. The summed E-state index contributed by atoms with van der Waals surface area (Å²) in [7, 11) is 0. The molecule has 40 heavy (non-hydrogen) atoms. The van der Waals surface area contributed by atoms with E-state index in [0.29, 0.717) is 22.9 Å². The molecule has 0 fully saturated rings. The molecular weight excluding hydrogens is 629 g/mol. The van der Waals surface area contributed by atoms with Gasteiger partial charge in [0.15, 0.2) is 11.7 Å². The maximum absolute atomic E-state index is 14.1. The molecule has 0 saturated carbocycles. The van der Waals surface area contributed by atoms with Gasteiger partial charge in [0.1, 0.15) is 10.8 Å². The third-order valence-corrected chi connectivity index (χ3v) is 10.5. The van der Waals surface area contributed by atoms with Crippen LogP contribution in [-0.4, -0.2) is 34.4 Å². The lowest BCUT2D eigenvalue weighted by Crippen LogP contribution is -2.35. The monoisotopic (exact) mass is 658 g/mol. The van der Waals surface area contributed by atoms with E-state index in [0.717, 1.165) is 32.8 Å². The van der Waals surface area contributed by atoms with Crippen molar-refractivity contribution in [3.8, 4) is 0 Å². The number of hydrogen-bond donors (Lipinski definition) is 2. The first-order chi connectivity index (χ1) is 18.8. The van der Waals surface area contributed by atoms with E-state index in [4.69, 9.17) is 4.74 Å². The standard InChI is InChI=1S/C27H30BrF3N4O3S2/c1-5-38-25(37)19-14-9-8-13(26(2,3)4)11-17(14)40-24(19)33-23(36)21-20(28)22-32-15(16-7-6-10-39-16)12-18(27(29,30)31)35(22)34-21/h6-7,10,13,15,18,32H,5,8-9,11-12H2,1-4H3,(H,33,36)/t13-,15-,18+/m0/s1. The molecule has 5 rings (SSSR count). The van der Waals surface area contributed by atoms with Gasteiger partial charge in [0, 0.05) is 16.2 Å². The number of carbonyl (C=O) groups excluding carboxylic acids is 2. The number of amides is 1. The molecule has 0 spiro atoms. The van der Waals surface area contributed by atoms with Crippen molar-refractivity contribution in [2.75, 3.05) is 17.2 Å². The van der Waals surface area contributed by atoms with Crippen LogP contribution in [0.25, 0.3) is 0 Å². The third-order valence-electron chi connectivity index (χ3n) is 7.59. The van der Waals surface area contributed by atoms with Crippen LogP contribution >= 0.6 is 38.6 Å². The average Bonchev–Trinajstić information content (AvgIpc) is 3.60. The summed E-state index contributed by atoms with van der Waals surface area (Å²) in [6.45, 7) is 8.46. The van der Waals surface area contributed by atoms with Crippen molar-refractivity contribution in [1.82, 2.24) is 9.78 Å². The zero-order valence-corrected chi connectivity index (χ0v) is 25.7. The Balaban J connectivity index is 1.49. The number of esters is 1. The van der Waals surface area contributed by atoms with Crippen LogP contribution in [0.5, 0.6) is 0 Å². The third kappa shape index (κ3) is 5.44. The molecule has 0 saturated heterocycles. The van der Waals surface area contributed by atoms with E-state index in [1.807, 2.05) is 5.38 Å². The van der Waals surface area contributed by atoms with E-state index in [1.165, 1.54) is 22.7 Å². The molecule has 216 valence electrons. The Kier molecular flexibility index (Phi) is 7.86. The molecule has 4 heterocycles. The number of nitrogens with zero attached hydrogens (tertiary/aromatic N) is 2. The van der Waals surface area contributed by atoms with Gasteiger partial charge in [-0.2, -0.15) is 18.3 Å². The molecule has 1 aliphatic heterocycles. The van der Waals surface area contributed by atoms with Crippen LogP contribution in [0.2, 0.25) is 0 Å². The molecule has 1 aliphatic carbocycles. The zero-order chi connectivity index (χ0) is 29.0. The number of alkyl halides is 3. The van der Waals surface area contributed by atoms with Crippen molar-refractivity contribution in [2.24, 2.45) is 11.3 Å². The van der Waals surface area contributed by atoms with Gasteiger partial charge in [0.25, 0.3) is 5.91 Å². The van der Waals surface area contributed by atoms with Crippen molar-refractivity contribution in [1.29, 1.82) is 0 Å². The number of aromatic nitrogens is 2. The minimum Gasteiger partial charge on any atom is -0.462 e. The Labute approximate surface area is 246 Å². The van der Waals surface area contributed by atoms with E-state index in [9.17, 15) is 22.8 Å². The molecular formula is C27H30BrF3N4O3S2. The van der Waals surface area contributed by atoms with Crippen molar-refractivity contribution >= 4 is 61.3 Å². The number of carbonyl (C=O) groups is 2. The number of rotatable bonds is 5. The molecule has 3 atom stereocenters. The molecule has 13 heteroatoms. The first-order valence-corrected chi connectivity index (χ1v) is 15.6. The predicted molar refractivity (Wildman–Crippen MR) is 154 cm³/mol. The fourth-order valence-electron chi connectivity index (χ4n) is 5.41. The number of thiophene rings is 2. The van der Waals surface area contributed by atoms with Gasteiger partial charge in [0.2, 0.25) is 0 Å². The first-order valence-electron chi connectivity index (χ1n) is 13.1. The normalized spacial score (nSPS) is 20.9. The van der Waals surface area contributed by atoms with E-state index >= 15 is 0 Å². The Morgan fingerprint density at radius 1 is 1.30 bits per heavy atom. The van der Waals surface area contributed by atoms with E-state index in [2.05, 4.69) is 52.4 Å². The van der Waals surface area contributed by atoms with Crippen LogP contribution in [-0.2, 0) is 17.6 Å². The van der Waals surface area contributed by atoms with Gasteiger partial charge in [0.05, 0.1) is 22.7 Å². The SMILES string of the molecule is CCOC(=O)c1c(NC(=O)c2nn3c(c2Br)N[C@H](c2cccs2)C[C@@H]3C(F)(F)F)sc2c1CC[C@H](C(C)(C)C)C2. The summed E-state index contributed by atoms with van der Waals surface area (Å²) in [6.07, 6.45) is -2.47. The van der Waals surface area contributed by atoms with Crippen LogP contribution in [0.3, 0.4) is 0 Å². The van der Waals surface area contributed by atoms with Crippen LogP contribution in [0.1, 0.15) is 88.8 Å². The molecule has 0 bridgehead atoms. The van der Waals surface area contributed by atoms with Crippen LogP contribution in [0, 0.1) is 11.3 Å². The highest BCUT2D eigenvalue weighted by atomic mass is 79.9. The van der Waals surface area contributed by atoms with Gasteiger partial charge in [-0.3, -0.25) is 4.79 Å². The second kappa shape index (κ2) is 10.8. The van der Waals surface area contributed by atoms with Crippen LogP contribution in [0.15, 0.2) is 22.0 Å². The van der Waals surface area contributed by atoms with E-state index < -0.39 is 30.1 Å². The van der Waals surface area contributed by atoms with Crippen LogP contribution < -0.4 is 10.6 Å². The van der Waals surface area contributed by atoms with E-state index in [-0.39, 0.29) is 34.4 Å². The van der Waals surface area contributed by atoms with Crippen molar-refractivity contribution < 1.29 is 27.5 Å². The van der Waals surface area contributed by atoms with Gasteiger partial charge in [-0.25, -0.2) is 9.48 Å². The number of ether oxygens (including phenoxy) is 1. The highest BCUT2D eigenvalue weighted by molar-refractivity contribution is 9.10. The second-order valence-electron chi connectivity index (χ2n) is 11.1. The Morgan fingerprint density at radius 3 is 2.67 bits per heavy atom. The maximum atomic E-state index is 14.1. The van der Waals surface area contributed by atoms with Crippen molar-refractivity contribution in [3.63, 3.8) is 0 Å². The summed E-state index contributed by atoms with van der Waals surface area (Å²) in [5.41, 5.74) is 1.09. The average molecular weight is 660 g/mol. The summed E-state index contributed by atoms with van der Waals surface area (Å²) >= 11 is 6.03. The maximum Gasteiger partial charge on any atom is 0.410 e. The van der Waals surface area contributed by atoms with Gasteiger partial charge >= 0.3 is 12.1 Å². The number of hydrogen-bond acceptors (Lipinski definition) is 7. The lowest BCUT2D eigenvalue weighted by Gasteiger charge is -2.33. The minimum absolute atomic E-state index is 0.0819. The molecule has 0 unspecified atom stereocenters. The van der Waals surface area contributed by atoms with Gasteiger partial charge in [-0.1, -0.05) is 26.8 Å². The van der Waals surface area contributed by atoms with Crippen LogP contribution in [0.4, 0.5) is 24.0 Å². The summed E-state index contributed by atoms with van der Waals surface area (Å²) in [5.74, 6) is -0.736. The minimum atomic E-state index is -4.57. The smallest absolute Gasteiger partial charge is 0.410 e. The fraction of sp³-hybridized carbons (Fsp3) is 0.519. The summed E-state index contributed by atoms with van der Waals surface area (Å²) in [6, 6.07) is 1.07. The van der Waals surface area contributed by atoms with Gasteiger partial charge < -0.3 is 15.4 Å². The Hall–Kier alpha value is -2.38. The molecule has 2 N–H and O–H groups in total. The van der Waals surface area contributed by atoms with E-state index in [1.54, 1.807) is 19.1 Å². The first kappa shape index (κ1) is 29.1. The van der Waals surface area contributed by atoms with Crippen molar-refractivity contribution in [3.05, 3.63) is 48.6 Å². The summed E-state index contributed by atoms with van der Waals surface area (Å²) < 4.78 is 48.7. The molecule has 0 radical (unpaired) electrons. The zero-order valence-electron chi connectivity index (χ0n) is 22.4. The Morgan fingerprint density at radius 2 is 2.05 bits per heavy atom. The largest absolute Gasteiger partial charge is 0.462 e. The van der Waals surface area contributed by atoms with Gasteiger partial charge in [-0.15, -0.1) is 22.7 Å².